The summed E-state index contributed by atoms with van der Waals surface area (Å²) in [6.45, 7) is -0.697. The summed E-state index contributed by atoms with van der Waals surface area (Å²) in [4.78, 5) is 16.6. The zero-order valence-electron chi connectivity index (χ0n) is 12.5. The first kappa shape index (κ1) is 15.4. The number of carbonyl (C=O) groups is 1. The minimum Gasteiger partial charge on any atom is -0.497 e. The molecule has 0 aliphatic rings. The molecular formula is C17H15FN2O2S. The number of ether oxygens (including phenoxy) is 1. The van der Waals surface area contributed by atoms with Crippen molar-refractivity contribution in [2.75, 3.05) is 13.8 Å². The highest BCUT2D eigenvalue weighted by Gasteiger charge is 2.17. The summed E-state index contributed by atoms with van der Waals surface area (Å²) in [6, 6.07) is 11.6. The molecule has 3 aromatic rings. The highest BCUT2D eigenvalue weighted by atomic mass is 32.1. The Morgan fingerprint density at radius 3 is 3.00 bits per heavy atom. The molecule has 0 saturated carbocycles. The van der Waals surface area contributed by atoms with Gasteiger partial charge >= 0.3 is 0 Å². The zero-order chi connectivity index (χ0) is 16.2. The van der Waals surface area contributed by atoms with Crippen molar-refractivity contribution < 1.29 is 13.9 Å². The maximum Gasteiger partial charge on any atom is 0.251 e. The van der Waals surface area contributed by atoms with E-state index < -0.39 is 12.7 Å². The van der Waals surface area contributed by atoms with Gasteiger partial charge in [0, 0.05) is 5.56 Å². The maximum atomic E-state index is 13.4. The van der Waals surface area contributed by atoms with Crippen LogP contribution >= 0.6 is 11.3 Å². The van der Waals surface area contributed by atoms with Crippen molar-refractivity contribution in [2.45, 2.75) is 6.04 Å². The highest BCUT2D eigenvalue weighted by molar-refractivity contribution is 7.16. The molecule has 6 heteroatoms. The predicted octanol–water partition coefficient (Wildman–Crippen LogP) is 3.75. The highest BCUT2D eigenvalue weighted by Crippen LogP contribution is 2.22. The number of fused-ring (bicyclic) bond motifs is 1. The first-order valence-electron chi connectivity index (χ1n) is 7.05. The summed E-state index contributed by atoms with van der Waals surface area (Å²) < 4.78 is 19.5. The predicted molar refractivity (Wildman–Crippen MR) is 88.8 cm³/mol. The van der Waals surface area contributed by atoms with Crippen molar-refractivity contribution in [3.63, 3.8) is 0 Å². The van der Waals surface area contributed by atoms with Gasteiger partial charge in [-0.2, -0.15) is 0 Å². The summed E-state index contributed by atoms with van der Waals surface area (Å²) in [5, 5.41) is 2.71. The lowest BCUT2D eigenvalue weighted by molar-refractivity contribution is 0.0930. The third-order valence-corrected chi connectivity index (χ3v) is 4.36. The lowest BCUT2D eigenvalue weighted by atomic mass is 10.1. The molecule has 1 N–H and O–H groups in total. The number of halogens is 1. The van der Waals surface area contributed by atoms with Crippen LogP contribution in [0.15, 0.2) is 48.0 Å². The molecule has 2 aromatic carbocycles. The SMILES string of the molecule is COc1cccc(C(CF)NC(=O)c2ccc3scnc3c2)c1. The van der Waals surface area contributed by atoms with Gasteiger partial charge in [0.25, 0.3) is 5.91 Å². The van der Waals surface area contributed by atoms with Crippen molar-refractivity contribution in [3.05, 3.63) is 59.1 Å². The van der Waals surface area contributed by atoms with Crippen molar-refractivity contribution in [2.24, 2.45) is 0 Å². The number of nitrogens with zero attached hydrogens (tertiary/aromatic N) is 1. The monoisotopic (exact) mass is 330 g/mol. The van der Waals surface area contributed by atoms with Gasteiger partial charge in [0.15, 0.2) is 0 Å². The number of rotatable bonds is 5. The molecule has 1 unspecified atom stereocenters. The standard InChI is InChI=1S/C17H15FN2O2S/c1-22-13-4-2-3-11(7-13)15(9-18)20-17(21)12-5-6-16-14(8-12)19-10-23-16/h2-8,10,15H,9H2,1H3,(H,20,21). The molecule has 1 amide bonds. The number of alkyl halides is 1. The zero-order valence-corrected chi connectivity index (χ0v) is 13.3. The lowest BCUT2D eigenvalue weighted by Gasteiger charge is -2.16. The fourth-order valence-electron chi connectivity index (χ4n) is 2.31. The van der Waals surface area contributed by atoms with Crippen LogP contribution in [0.1, 0.15) is 22.0 Å². The average Bonchev–Trinajstić information content (AvgIpc) is 3.07. The molecule has 0 aliphatic carbocycles. The lowest BCUT2D eigenvalue weighted by Crippen LogP contribution is -2.29. The summed E-state index contributed by atoms with van der Waals surface area (Å²) in [7, 11) is 1.55. The molecule has 1 aromatic heterocycles. The van der Waals surface area contributed by atoms with Gasteiger partial charge in [-0.05, 0) is 35.9 Å². The molecule has 1 heterocycles. The maximum absolute atomic E-state index is 13.4. The van der Waals surface area contributed by atoms with Gasteiger partial charge in [-0.3, -0.25) is 4.79 Å². The number of benzene rings is 2. The van der Waals surface area contributed by atoms with E-state index in [1.807, 2.05) is 6.07 Å². The van der Waals surface area contributed by atoms with Crippen LogP contribution in [0.4, 0.5) is 4.39 Å². The summed E-state index contributed by atoms with van der Waals surface area (Å²) in [6.07, 6.45) is 0. The molecule has 1 atom stereocenters. The van der Waals surface area contributed by atoms with Crippen LogP contribution in [-0.4, -0.2) is 24.7 Å². The summed E-state index contributed by atoms with van der Waals surface area (Å²) in [5.74, 6) is 0.296. The van der Waals surface area contributed by atoms with E-state index in [1.54, 1.807) is 49.0 Å². The van der Waals surface area contributed by atoms with Gasteiger partial charge in [0.2, 0.25) is 0 Å². The number of hydrogen-bond donors (Lipinski definition) is 1. The van der Waals surface area contributed by atoms with Gasteiger partial charge in [-0.1, -0.05) is 12.1 Å². The van der Waals surface area contributed by atoms with E-state index in [0.717, 1.165) is 10.2 Å². The fourth-order valence-corrected chi connectivity index (χ4v) is 2.97. The van der Waals surface area contributed by atoms with Gasteiger partial charge in [0.05, 0.1) is 28.9 Å². The van der Waals surface area contributed by atoms with Crippen LogP contribution in [0.25, 0.3) is 10.2 Å². The van der Waals surface area contributed by atoms with Gasteiger partial charge in [0.1, 0.15) is 12.4 Å². The second kappa shape index (κ2) is 6.75. The molecule has 3 rings (SSSR count). The molecule has 0 radical (unpaired) electrons. The molecule has 23 heavy (non-hydrogen) atoms. The Hall–Kier alpha value is -2.47. The molecule has 0 spiro atoms. The van der Waals surface area contributed by atoms with E-state index in [1.165, 1.54) is 11.3 Å². The molecular weight excluding hydrogens is 315 g/mol. The normalized spacial score (nSPS) is 12.1. The molecule has 4 nitrogen and oxygen atoms in total. The van der Waals surface area contributed by atoms with Gasteiger partial charge < -0.3 is 10.1 Å². The molecule has 0 saturated heterocycles. The Kier molecular flexibility index (Phi) is 4.52. The molecule has 0 fully saturated rings. The van der Waals surface area contributed by atoms with E-state index >= 15 is 0 Å². The quantitative estimate of drug-likeness (QED) is 0.775. The third-order valence-electron chi connectivity index (χ3n) is 3.55. The van der Waals surface area contributed by atoms with Crippen molar-refractivity contribution in [1.29, 1.82) is 0 Å². The van der Waals surface area contributed by atoms with Crippen LogP contribution in [0.5, 0.6) is 5.75 Å². The van der Waals surface area contributed by atoms with Gasteiger partial charge in [-0.25, -0.2) is 9.37 Å². The number of thiazole rings is 1. The second-order valence-electron chi connectivity index (χ2n) is 4.99. The van der Waals surface area contributed by atoms with E-state index in [4.69, 9.17) is 4.74 Å². The second-order valence-corrected chi connectivity index (χ2v) is 5.88. The van der Waals surface area contributed by atoms with E-state index in [2.05, 4.69) is 10.3 Å². The minimum atomic E-state index is -0.719. The van der Waals surface area contributed by atoms with E-state index in [0.29, 0.717) is 16.9 Å². The average molecular weight is 330 g/mol. The van der Waals surface area contributed by atoms with Crippen LogP contribution < -0.4 is 10.1 Å². The van der Waals surface area contributed by atoms with Crippen molar-refractivity contribution in [1.82, 2.24) is 10.3 Å². The first-order chi connectivity index (χ1) is 11.2. The first-order valence-corrected chi connectivity index (χ1v) is 7.93. The largest absolute Gasteiger partial charge is 0.497 e. The number of aromatic nitrogens is 1. The topological polar surface area (TPSA) is 51.2 Å². The number of carbonyl (C=O) groups excluding carboxylic acids is 1. The number of methoxy groups -OCH3 is 1. The Bertz CT molecular complexity index is 834. The van der Waals surface area contributed by atoms with Crippen LogP contribution in [0.2, 0.25) is 0 Å². The van der Waals surface area contributed by atoms with E-state index in [-0.39, 0.29) is 5.91 Å². The smallest absolute Gasteiger partial charge is 0.251 e. The summed E-state index contributed by atoms with van der Waals surface area (Å²) in [5.41, 5.74) is 3.62. The Morgan fingerprint density at radius 2 is 2.22 bits per heavy atom. The molecule has 0 aliphatic heterocycles. The van der Waals surface area contributed by atoms with E-state index in [9.17, 15) is 9.18 Å². The molecule has 118 valence electrons. The number of amides is 1. The van der Waals surface area contributed by atoms with Crippen molar-refractivity contribution in [3.8, 4) is 5.75 Å². The van der Waals surface area contributed by atoms with Crippen LogP contribution in [0.3, 0.4) is 0 Å². The minimum absolute atomic E-state index is 0.328. The fraction of sp³-hybridized carbons (Fsp3) is 0.176. The Balaban J connectivity index is 1.81. The number of nitrogens with one attached hydrogen (secondary N) is 1. The van der Waals surface area contributed by atoms with Crippen LogP contribution in [0, 0.1) is 0 Å². The molecule has 0 bridgehead atoms. The number of hydrogen-bond acceptors (Lipinski definition) is 4. The van der Waals surface area contributed by atoms with Crippen molar-refractivity contribution >= 4 is 27.5 Å². The Morgan fingerprint density at radius 1 is 1.35 bits per heavy atom. The van der Waals surface area contributed by atoms with Gasteiger partial charge in [-0.15, -0.1) is 11.3 Å². The third kappa shape index (κ3) is 3.32. The van der Waals surface area contributed by atoms with Crippen LogP contribution in [-0.2, 0) is 0 Å². The Labute approximate surface area is 136 Å². The summed E-state index contributed by atoms with van der Waals surface area (Å²) >= 11 is 1.51.